The van der Waals surface area contributed by atoms with Crippen LogP contribution in [0.2, 0.25) is 5.02 Å². The van der Waals surface area contributed by atoms with Crippen LogP contribution in [-0.4, -0.2) is 44.4 Å². The Balaban J connectivity index is 1.71. The highest BCUT2D eigenvalue weighted by molar-refractivity contribution is 6.46. The van der Waals surface area contributed by atoms with Crippen LogP contribution in [0.3, 0.4) is 0 Å². The summed E-state index contributed by atoms with van der Waals surface area (Å²) in [6, 6.07) is 13.2. The normalized spacial score (nSPS) is 17.2. The number of unbranched alkanes of at least 4 members (excludes halogenated alkanes) is 1. The van der Waals surface area contributed by atoms with Gasteiger partial charge in [-0.05, 0) is 54.8 Å². The molecule has 1 fully saturated rings. The summed E-state index contributed by atoms with van der Waals surface area (Å²) in [5.74, 6) is -0.901. The van der Waals surface area contributed by atoms with Crippen LogP contribution < -0.4 is 4.74 Å². The molecule has 2 heterocycles. The van der Waals surface area contributed by atoms with E-state index in [1.807, 2.05) is 35.0 Å². The lowest BCUT2D eigenvalue weighted by atomic mass is 9.95. The Hall–Kier alpha value is -3.58. The summed E-state index contributed by atoms with van der Waals surface area (Å²) >= 11 is 6.00. The molecule has 1 saturated heterocycles. The molecule has 1 aliphatic heterocycles. The van der Waals surface area contributed by atoms with Gasteiger partial charge in [-0.3, -0.25) is 9.59 Å². The van der Waals surface area contributed by atoms with Gasteiger partial charge in [0.05, 0.1) is 24.5 Å². The quantitative estimate of drug-likeness (QED) is 0.181. The number of carbonyl (C=O) groups excluding carboxylic acids is 2. The number of carbonyl (C=O) groups is 2. The van der Waals surface area contributed by atoms with Gasteiger partial charge in [-0.2, -0.15) is 0 Å². The van der Waals surface area contributed by atoms with E-state index in [4.69, 9.17) is 16.3 Å². The van der Waals surface area contributed by atoms with Crippen molar-refractivity contribution in [1.82, 2.24) is 14.5 Å². The number of aliphatic hydroxyl groups excluding tert-OH is 1. The molecule has 8 heteroatoms. The lowest BCUT2D eigenvalue weighted by molar-refractivity contribution is -0.139. The molecule has 4 rings (SSSR count). The third-order valence-electron chi connectivity index (χ3n) is 5.97. The van der Waals surface area contributed by atoms with E-state index >= 15 is 0 Å². The van der Waals surface area contributed by atoms with Crippen LogP contribution in [0.1, 0.15) is 43.4 Å². The number of amides is 1. The summed E-state index contributed by atoms with van der Waals surface area (Å²) in [5, 5.41) is 11.7. The topological polar surface area (TPSA) is 84.7 Å². The van der Waals surface area contributed by atoms with Gasteiger partial charge in [-0.25, -0.2) is 4.98 Å². The Labute approximate surface area is 209 Å². The predicted octanol–water partition coefficient (Wildman–Crippen LogP) is 5.23. The van der Waals surface area contributed by atoms with Gasteiger partial charge in [0.2, 0.25) is 0 Å². The fraction of sp³-hybridized carbons (Fsp3) is 0.296. The van der Waals surface area contributed by atoms with Crippen molar-refractivity contribution in [2.75, 3.05) is 13.2 Å². The van der Waals surface area contributed by atoms with Crippen LogP contribution in [0, 0.1) is 0 Å². The summed E-state index contributed by atoms with van der Waals surface area (Å²) in [6.45, 7) is 3.66. The number of rotatable bonds is 10. The lowest BCUT2D eigenvalue weighted by Gasteiger charge is -2.26. The summed E-state index contributed by atoms with van der Waals surface area (Å²) in [5.41, 5.74) is 1.19. The molecule has 0 saturated carbocycles. The molecular weight excluding hydrogens is 466 g/mol. The minimum atomic E-state index is -0.733. The zero-order valence-electron chi connectivity index (χ0n) is 19.6. The van der Waals surface area contributed by atoms with E-state index in [1.165, 1.54) is 4.90 Å². The van der Waals surface area contributed by atoms with Gasteiger partial charge in [0.15, 0.2) is 0 Å². The summed E-state index contributed by atoms with van der Waals surface area (Å²) in [7, 11) is 0. The number of hydrogen-bond acceptors (Lipinski definition) is 5. The molecule has 0 bridgehead atoms. The number of Topliss-reactive ketones (excluding diaryl/α,β-unsaturated/α-hetero) is 1. The maximum Gasteiger partial charge on any atom is 0.295 e. The SMILES string of the molecule is CCCCOc1cccc(C2/C(=C(\O)c3ccc(Cl)cc3)C(=O)C(=O)N2CCCn2ccnc2)c1. The van der Waals surface area contributed by atoms with E-state index in [9.17, 15) is 14.7 Å². The predicted molar refractivity (Wildman–Crippen MR) is 134 cm³/mol. The number of ether oxygens (including phenoxy) is 1. The summed E-state index contributed by atoms with van der Waals surface area (Å²) < 4.78 is 7.79. The molecule has 1 N–H and O–H groups in total. The molecule has 2 aromatic carbocycles. The first-order valence-corrected chi connectivity index (χ1v) is 12.1. The van der Waals surface area contributed by atoms with Gasteiger partial charge in [-0.1, -0.05) is 37.1 Å². The van der Waals surface area contributed by atoms with Crippen molar-refractivity contribution in [1.29, 1.82) is 0 Å². The van der Waals surface area contributed by atoms with Crippen molar-refractivity contribution in [2.45, 2.75) is 38.8 Å². The molecule has 35 heavy (non-hydrogen) atoms. The fourth-order valence-corrected chi connectivity index (χ4v) is 4.30. The Morgan fingerprint density at radius 1 is 1.11 bits per heavy atom. The molecule has 3 aromatic rings. The minimum absolute atomic E-state index is 0.0608. The minimum Gasteiger partial charge on any atom is -0.507 e. The molecule has 1 atom stereocenters. The first-order chi connectivity index (χ1) is 17.0. The van der Waals surface area contributed by atoms with E-state index in [0.29, 0.717) is 48.0 Å². The second-order valence-corrected chi connectivity index (χ2v) is 8.86. The molecule has 1 amide bonds. The molecule has 7 nitrogen and oxygen atoms in total. The molecule has 1 unspecified atom stereocenters. The molecular formula is C27H28ClN3O4. The van der Waals surface area contributed by atoms with E-state index in [2.05, 4.69) is 11.9 Å². The first-order valence-electron chi connectivity index (χ1n) is 11.7. The smallest absolute Gasteiger partial charge is 0.295 e. The second kappa shape index (κ2) is 11.2. The average Bonchev–Trinajstić information content (AvgIpc) is 3.47. The largest absolute Gasteiger partial charge is 0.507 e. The van der Waals surface area contributed by atoms with Gasteiger partial charge < -0.3 is 19.3 Å². The van der Waals surface area contributed by atoms with Gasteiger partial charge >= 0.3 is 0 Å². The molecule has 0 aliphatic carbocycles. The van der Waals surface area contributed by atoms with Crippen molar-refractivity contribution in [2.24, 2.45) is 0 Å². The Morgan fingerprint density at radius 3 is 2.63 bits per heavy atom. The number of halogens is 1. The van der Waals surface area contributed by atoms with Crippen LogP contribution >= 0.6 is 11.6 Å². The van der Waals surface area contributed by atoms with Crippen LogP contribution in [-0.2, 0) is 16.1 Å². The van der Waals surface area contributed by atoms with Crippen molar-refractivity contribution >= 4 is 29.1 Å². The van der Waals surface area contributed by atoms with Crippen LogP contribution in [0.25, 0.3) is 5.76 Å². The molecule has 0 radical (unpaired) electrons. The van der Waals surface area contributed by atoms with Gasteiger partial charge in [0.25, 0.3) is 11.7 Å². The van der Waals surface area contributed by atoms with E-state index in [1.54, 1.807) is 36.8 Å². The molecule has 1 aromatic heterocycles. The van der Waals surface area contributed by atoms with Gasteiger partial charge in [0, 0.05) is 36.1 Å². The Morgan fingerprint density at radius 2 is 1.91 bits per heavy atom. The van der Waals surface area contributed by atoms with E-state index in [-0.39, 0.29) is 11.3 Å². The van der Waals surface area contributed by atoms with Crippen molar-refractivity contribution in [3.63, 3.8) is 0 Å². The lowest BCUT2D eigenvalue weighted by Crippen LogP contribution is -2.31. The monoisotopic (exact) mass is 493 g/mol. The highest BCUT2D eigenvalue weighted by Gasteiger charge is 2.45. The number of ketones is 1. The van der Waals surface area contributed by atoms with Crippen LogP contribution in [0.5, 0.6) is 5.75 Å². The van der Waals surface area contributed by atoms with Crippen LogP contribution in [0.4, 0.5) is 0 Å². The highest BCUT2D eigenvalue weighted by Crippen LogP contribution is 2.40. The number of aliphatic hydroxyl groups is 1. The Kier molecular flexibility index (Phi) is 7.87. The molecule has 182 valence electrons. The van der Waals surface area contributed by atoms with Crippen molar-refractivity contribution in [3.05, 3.63) is 89.0 Å². The van der Waals surface area contributed by atoms with Gasteiger partial charge in [0.1, 0.15) is 11.5 Å². The Bertz CT molecular complexity index is 1210. The zero-order valence-corrected chi connectivity index (χ0v) is 20.3. The number of aromatic nitrogens is 2. The maximum absolute atomic E-state index is 13.2. The number of aryl methyl sites for hydroxylation is 1. The van der Waals surface area contributed by atoms with Gasteiger partial charge in [-0.15, -0.1) is 0 Å². The standard InChI is InChI=1S/C27H28ClN3O4/c1-2-3-16-35-22-7-4-6-20(17-22)24-23(25(32)19-8-10-21(28)11-9-19)26(33)27(34)31(24)14-5-13-30-15-12-29-18-30/h4,6-12,15,17-18,24,32H,2-3,5,13-14,16H2,1H3/b25-23+. The maximum atomic E-state index is 13.2. The average molecular weight is 494 g/mol. The molecule has 1 aliphatic rings. The third kappa shape index (κ3) is 5.57. The number of nitrogens with zero attached hydrogens (tertiary/aromatic N) is 3. The van der Waals surface area contributed by atoms with Crippen LogP contribution in [0.15, 0.2) is 72.8 Å². The molecule has 0 spiro atoms. The fourth-order valence-electron chi connectivity index (χ4n) is 4.17. The highest BCUT2D eigenvalue weighted by atomic mass is 35.5. The number of benzene rings is 2. The van der Waals surface area contributed by atoms with Crippen molar-refractivity contribution in [3.8, 4) is 5.75 Å². The third-order valence-corrected chi connectivity index (χ3v) is 6.22. The van der Waals surface area contributed by atoms with E-state index < -0.39 is 17.7 Å². The number of hydrogen-bond donors (Lipinski definition) is 1. The van der Waals surface area contributed by atoms with Crippen molar-refractivity contribution < 1.29 is 19.4 Å². The zero-order chi connectivity index (χ0) is 24.8. The second-order valence-electron chi connectivity index (χ2n) is 8.43. The van der Waals surface area contributed by atoms with E-state index in [0.717, 1.165) is 12.8 Å². The summed E-state index contributed by atoms with van der Waals surface area (Å²) in [4.78, 5) is 31.9. The summed E-state index contributed by atoms with van der Waals surface area (Å²) in [6.07, 6.45) is 7.81. The first kappa shape index (κ1) is 24.5. The number of imidazole rings is 1. The number of likely N-dealkylation sites (tertiary alicyclic amines) is 1.